The molecular weight excluding hydrogens is 757 g/mol. The molecule has 14 N–H and O–H groups in total. The average Bonchev–Trinajstić information content (AvgIpc) is 3.17. The fourth-order valence-electron chi connectivity index (χ4n) is 6.32. The SMILES string of the molecule is CC(C)C[C@H](NC(=O)[C@H](CC(C)C)NC(=O)[C@@H](N)Cc1ccccc1)C(=O)N[C@@H](CCCN=C(N)N)C(=O)N[C@@H](CCCCN)C(=O)N[C@@H](Cc1ccccc1)C(=O)O. The standard InChI is InChI=1S/C42H66N10O7/c1-26(2)22-33(50-36(53)30(44)24-28-14-7-5-8-15-28)40(57)51-34(23-27(3)4)39(56)49-32(19-13-21-47-42(45)46)37(54)48-31(18-11-12-20-43)38(55)52-35(41(58)59)25-29-16-9-6-10-17-29/h5-10,14-17,26-27,30-35H,11-13,18-25,43-44H2,1-4H3,(H,48,54)(H,49,56)(H,50,53)(H,51,57)(H,52,55)(H,58,59)(H4,45,46,47)/t30-,31-,32-,33-,34-,35-/m0/s1. The number of amides is 5. The zero-order valence-electron chi connectivity index (χ0n) is 34.8. The summed E-state index contributed by atoms with van der Waals surface area (Å²) in [4.78, 5) is 84.8. The highest BCUT2D eigenvalue weighted by molar-refractivity contribution is 5.96. The summed E-state index contributed by atoms with van der Waals surface area (Å²) in [5, 5.41) is 23.5. The predicted octanol–water partition coefficient (Wildman–Crippen LogP) is 0.582. The molecule has 0 saturated carbocycles. The van der Waals surface area contributed by atoms with Crippen LogP contribution in [0.15, 0.2) is 65.7 Å². The summed E-state index contributed by atoms with van der Waals surface area (Å²) in [6, 6.07) is 11.4. The molecule has 2 aromatic carbocycles. The molecule has 0 aliphatic heterocycles. The summed E-state index contributed by atoms with van der Waals surface area (Å²) in [5.74, 6) is -4.68. The third kappa shape index (κ3) is 19.6. The molecule has 17 nitrogen and oxygen atoms in total. The quantitative estimate of drug-likeness (QED) is 0.0338. The minimum absolute atomic E-state index is 0.00817. The van der Waals surface area contributed by atoms with Crippen LogP contribution in [0.25, 0.3) is 0 Å². The van der Waals surface area contributed by atoms with E-state index in [2.05, 4.69) is 31.6 Å². The van der Waals surface area contributed by atoms with E-state index in [0.29, 0.717) is 24.9 Å². The highest BCUT2D eigenvalue weighted by atomic mass is 16.4. The van der Waals surface area contributed by atoms with Crippen LogP contribution in [-0.2, 0) is 41.6 Å². The number of guanidine groups is 1. The lowest BCUT2D eigenvalue weighted by Crippen LogP contribution is -2.59. The molecule has 17 heteroatoms. The van der Waals surface area contributed by atoms with Gasteiger partial charge >= 0.3 is 5.97 Å². The summed E-state index contributed by atoms with van der Waals surface area (Å²) < 4.78 is 0. The van der Waals surface area contributed by atoms with Crippen molar-refractivity contribution in [2.24, 2.45) is 39.8 Å². The van der Waals surface area contributed by atoms with Crippen molar-refractivity contribution in [2.45, 2.75) is 122 Å². The Morgan fingerprint density at radius 2 is 0.983 bits per heavy atom. The van der Waals surface area contributed by atoms with Crippen molar-refractivity contribution in [3.63, 3.8) is 0 Å². The van der Waals surface area contributed by atoms with Gasteiger partial charge in [-0.05, 0) is 80.9 Å². The Labute approximate surface area is 347 Å². The number of carbonyl (C=O) groups is 6. The van der Waals surface area contributed by atoms with E-state index in [1.165, 1.54) is 0 Å². The number of hydrogen-bond donors (Lipinski definition) is 10. The first-order chi connectivity index (χ1) is 28.0. The van der Waals surface area contributed by atoms with Gasteiger partial charge in [0.05, 0.1) is 6.04 Å². The van der Waals surface area contributed by atoms with Crippen LogP contribution in [0, 0.1) is 11.8 Å². The van der Waals surface area contributed by atoms with Crippen LogP contribution in [-0.4, -0.2) is 95.9 Å². The molecule has 0 aliphatic rings. The third-order valence-corrected chi connectivity index (χ3v) is 9.37. The van der Waals surface area contributed by atoms with Crippen molar-refractivity contribution in [3.8, 4) is 0 Å². The average molecular weight is 823 g/mol. The first kappa shape index (κ1) is 49.6. The maximum absolute atomic E-state index is 14.0. The zero-order chi connectivity index (χ0) is 43.9. The van der Waals surface area contributed by atoms with Crippen LogP contribution in [0.2, 0.25) is 0 Å². The van der Waals surface area contributed by atoms with E-state index in [1.807, 2.05) is 58.0 Å². The molecule has 0 radical (unpaired) electrons. The normalized spacial score (nSPS) is 14.2. The molecule has 2 rings (SSSR count). The number of unbranched alkanes of at least 4 members (excludes halogenated alkanes) is 1. The number of carboxylic acids is 1. The Kier molecular flexibility index (Phi) is 22.2. The van der Waals surface area contributed by atoms with Crippen molar-refractivity contribution in [1.82, 2.24) is 26.6 Å². The summed E-state index contributed by atoms with van der Waals surface area (Å²) in [6.45, 7) is 8.01. The number of nitrogens with two attached hydrogens (primary N) is 4. The van der Waals surface area contributed by atoms with Crippen LogP contribution in [0.1, 0.15) is 83.8 Å². The Morgan fingerprint density at radius 3 is 1.42 bits per heavy atom. The molecule has 59 heavy (non-hydrogen) atoms. The molecule has 2 aromatic rings. The van der Waals surface area contributed by atoms with Gasteiger partial charge in [0.25, 0.3) is 0 Å². The highest BCUT2D eigenvalue weighted by Crippen LogP contribution is 2.12. The van der Waals surface area contributed by atoms with Gasteiger partial charge in [-0.25, -0.2) is 4.79 Å². The van der Waals surface area contributed by atoms with Gasteiger partial charge in [-0.15, -0.1) is 0 Å². The van der Waals surface area contributed by atoms with Gasteiger partial charge in [-0.1, -0.05) is 88.4 Å². The highest BCUT2D eigenvalue weighted by Gasteiger charge is 2.33. The summed E-state index contributed by atoms with van der Waals surface area (Å²) in [7, 11) is 0. The number of benzene rings is 2. The fraction of sp³-hybridized carbons (Fsp3) is 0.548. The fourth-order valence-corrected chi connectivity index (χ4v) is 6.32. The molecule has 326 valence electrons. The summed E-state index contributed by atoms with van der Waals surface area (Å²) in [6.07, 6.45) is 2.17. The van der Waals surface area contributed by atoms with Crippen molar-refractivity contribution in [2.75, 3.05) is 13.1 Å². The molecule has 0 aromatic heterocycles. The van der Waals surface area contributed by atoms with Gasteiger partial charge in [-0.2, -0.15) is 0 Å². The van der Waals surface area contributed by atoms with Crippen LogP contribution in [0.5, 0.6) is 0 Å². The smallest absolute Gasteiger partial charge is 0.326 e. The Morgan fingerprint density at radius 1 is 0.576 bits per heavy atom. The van der Waals surface area contributed by atoms with Crippen molar-refractivity contribution in [1.29, 1.82) is 0 Å². The second kappa shape index (κ2) is 26.5. The molecule has 6 atom stereocenters. The number of carboxylic acid groups (broad SMARTS) is 1. The van der Waals surface area contributed by atoms with Gasteiger partial charge in [0, 0.05) is 13.0 Å². The van der Waals surface area contributed by atoms with E-state index in [1.54, 1.807) is 30.3 Å². The monoisotopic (exact) mass is 823 g/mol. The van der Waals surface area contributed by atoms with E-state index in [-0.39, 0.29) is 69.3 Å². The van der Waals surface area contributed by atoms with Crippen LogP contribution in [0.4, 0.5) is 0 Å². The molecule has 0 aliphatic carbocycles. The molecule has 0 bridgehead atoms. The Bertz CT molecular complexity index is 1660. The van der Waals surface area contributed by atoms with Crippen molar-refractivity contribution < 1.29 is 33.9 Å². The molecule has 0 unspecified atom stereocenters. The summed E-state index contributed by atoms with van der Waals surface area (Å²) >= 11 is 0. The lowest BCUT2D eigenvalue weighted by molar-refractivity contribution is -0.142. The zero-order valence-corrected chi connectivity index (χ0v) is 34.8. The van der Waals surface area contributed by atoms with Gasteiger partial charge in [0.2, 0.25) is 29.5 Å². The number of carbonyl (C=O) groups excluding carboxylic acids is 5. The molecule has 5 amide bonds. The van der Waals surface area contributed by atoms with E-state index >= 15 is 0 Å². The molecule has 0 heterocycles. The molecular formula is C42H66N10O7. The van der Waals surface area contributed by atoms with E-state index in [4.69, 9.17) is 22.9 Å². The first-order valence-corrected chi connectivity index (χ1v) is 20.3. The third-order valence-electron chi connectivity index (χ3n) is 9.37. The maximum atomic E-state index is 14.0. The molecule has 0 saturated heterocycles. The van der Waals surface area contributed by atoms with Crippen LogP contribution >= 0.6 is 0 Å². The van der Waals surface area contributed by atoms with Crippen LogP contribution < -0.4 is 49.5 Å². The number of aliphatic imine (C=N–C) groups is 1. The second-order valence-corrected chi connectivity index (χ2v) is 15.6. The van der Waals surface area contributed by atoms with E-state index in [0.717, 1.165) is 5.56 Å². The Balaban J connectivity index is 2.32. The van der Waals surface area contributed by atoms with Crippen molar-refractivity contribution in [3.05, 3.63) is 71.8 Å². The number of nitrogens with one attached hydrogen (secondary N) is 5. The van der Waals surface area contributed by atoms with Gasteiger partial charge in [0.1, 0.15) is 30.2 Å². The number of rotatable bonds is 27. The predicted molar refractivity (Wildman–Crippen MR) is 227 cm³/mol. The van der Waals surface area contributed by atoms with Gasteiger partial charge in [-0.3, -0.25) is 29.0 Å². The number of aliphatic carboxylic acids is 1. The minimum Gasteiger partial charge on any atom is -0.480 e. The first-order valence-electron chi connectivity index (χ1n) is 20.3. The lowest BCUT2D eigenvalue weighted by atomic mass is 9.99. The summed E-state index contributed by atoms with van der Waals surface area (Å²) in [5.41, 5.74) is 24.5. The molecule has 0 spiro atoms. The van der Waals surface area contributed by atoms with E-state index < -0.39 is 71.8 Å². The number of hydrogen-bond acceptors (Lipinski definition) is 9. The lowest BCUT2D eigenvalue weighted by Gasteiger charge is -2.28. The second-order valence-electron chi connectivity index (χ2n) is 15.6. The number of nitrogens with zero attached hydrogens (tertiary/aromatic N) is 1. The topological polar surface area (TPSA) is 299 Å². The van der Waals surface area contributed by atoms with E-state index in [9.17, 15) is 33.9 Å². The largest absolute Gasteiger partial charge is 0.480 e. The van der Waals surface area contributed by atoms with Gasteiger partial charge in [0.15, 0.2) is 5.96 Å². The molecule has 0 fully saturated rings. The Hall–Kier alpha value is -5.55. The van der Waals surface area contributed by atoms with Crippen LogP contribution in [0.3, 0.4) is 0 Å². The maximum Gasteiger partial charge on any atom is 0.326 e. The minimum atomic E-state index is -1.28. The van der Waals surface area contributed by atoms with Gasteiger partial charge < -0.3 is 54.6 Å². The van der Waals surface area contributed by atoms with Crippen molar-refractivity contribution >= 4 is 41.5 Å².